The Morgan fingerprint density at radius 1 is 0.776 bits per heavy atom. The van der Waals surface area contributed by atoms with E-state index < -0.39 is 11.8 Å². The number of carbonyl (C=O) groups is 3. The van der Waals surface area contributed by atoms with Gasteiger partial charge in [0, 0.05) is 56.7 Å². The number of aliphatic hydroxyl groups excluding tert-OH is 1. The number of aliphatic hydroxyl groups is 1. The number of likely N-dealkylation sites (tertiary alicyclic amines) is 1. The van der Waals surface area contributed by atoms with Crippen molar-refractivity contribution in [1.82, 2.24) is 21.0 Å². The van der Waals surface area contributed by atoms with Crippen LogP contribution in [0.1, 0.15) is 92.4 Å². The summed E-state index contributed by atoms with van der Waals surface area (Å²) in [5.41, 5.74) is 8.06. The van der Waals surface area contributed by atoms with Gasteiger partial charge < -0.3 is 35.0 Å². The molecule has 12 nitrogen and oxygen atoms in total. The van der Waals surface area contributed by atoms with Crippen LogP contribution in [-0.4, -0.2) is 70.9 Å². The average Bonchev–Trinajstić information content (AvgIpc) is 3.59. The maximum Gasteiger partial charge on any atom is 0.247 e. The fourth-order valence-electron chi connectivity index (χ4n) is 8.42. The van der Waals surface area contributed by atoms with E-state index in [0.29, 0.717) is 32.5 Å². The van der Waals surface area contributed by atoms with Crippen molar-refractivity contribution in [3.63, 3.8) is 0 Å². The molecular weight excluding hydrogens is 735 g/mol. The predicted octanol–water partition coefficient (Wildman–Crippen LogP) is 6.28. The number of hydrogen-bond acceptors (Lipinski definition) is 9. The molecule has 3 aliphatic rings. The van der Waals surface area contributed by atoms with Crippen LogP contribution in [0.3, 0.4) is 0 Å². The average molecular weight is 790 g/mol. The Kier molecular flexibility index (Phi) is 13.8. The molecule has 58 heavy (non-hydrogen) atoms. The minimum absolute atomic E-state index is 0.00332. The molecule has 0 aromatic heterocycles. The lowest BCUT2D eigenvalue weighted by atomic mass is 9.85. The number of hydroxylamine groups is 1. The third-order valence-electron chi connectivity index (χ3n) is 11.8. The second kappa shape index (κ2) is 19.6. The number of nitrogens with one attached hydrogen (secondary N) is 3. The third-order valence-corrected chi connectivity index (χ3v) is 11.8. The number of benzene rings is 4. The number of anilines is 1. The van der Waals surface area contributed by atoms with Gasteiger partial charge in [-0.2, -0.15) is 0 Å². The molecule has 0 bridgehead atoms. The summed E-state index contributed by atoms with van der Waals surface area (Å²) in [5, 5.41) is 24.4. The van der Waals surface area contributed by atoms with Gasteiger partial charge in [-0.15, -0.1) is 0 Å². The summed E-state index contributed by atoms with van der Waals surface area (Å²) in [6.45, 7) is 3.23. The van der Waals surface area contributed by atoms with E-state index in [1.54, 1.807) is 5.48 Å². The summed E-state index contributed by atoms with van der Waals surface area (Å²) in [5.74, 6) is -0.281. The van der Waals surface area contributed by atoms with Crippen molar-refractivity contribution in [3.05, 3.63) is 125 Å². The van der Waals surface area contributed by atoms with Gasteiger partial charge in [0.2, 0.25) is 17.7 Å². The van der Waals surface area contributed by atoms with E-state index in [1.807, 2.05) is 54.6 Å². The number of ether oxygens (including phenoxy) is 2. The smallest absolute Gasteiger partial charge is 0.247 e. The van der Waals surface area contributed by atoms with Crippen molar-refractivity contribution in [2.75, 3.05) is 31.2 Å². The van der Waals surface area contributed by atoms with Crippen LogP contribution in [-0.2, 0) is 37.0 Å². The number of carbonyl (C=O) groups excluding carboxylic acids is 3. The zero-order valence-corrected chi connectivity index (χ0v) is 33.0. The quantitative estimate of drug-likeness (QED) is 0.0502. The van der Waals surface area contributed by atoms with Gasteiger partial charge in [0.25, 0.3) is 0 Å². The molecule has 0 radical (unpaired) electrons. The van der Waals surface area contributed by atoms with Crippen LogP contribution in [0.4, 0.5) is 5.69 Å². The fourth-order valence-corrected chi connectivity index (χ4v) is 8.42. The van der Waals surface area contributed by atoms with Crippen molar-refractivity contribution >= 4 is 23.4 Å². The maximum atomic E-state index is 13.3. The summed E-state index contributed by atoms with van der Waals surface area (Å²) < 4.78 is 13.4. The highest BCUT2D eigenvalue weighted by Gasteiger charge is 2.50. The first-order valence-electron chi connectivity index (χ1n) is 20.6. The molecule has 12 heteroatoms. The van der Waals surface area contributed by atoms with Gasteiger partial charge in [0.15, 0.2) is 6.29 Å². The predicted molar refractivity (Wildman–Crippen MR) is 220 cm³/mol. The number of rotatable bonds is 16. The van der Waals surface area contributed by atoms with Gasteiger partial charge in [0.1, 0.15) is 5.54 Å². The molecule has 0 aliphatic carbocycles. The molecule has 3 saturated heterocycles. The molecular formula is C46H55N5O7. The minimum atomic E-state index is -0.581. The molecule has 4 aromatic rings. The van der Waals surface area contributed by atoms with Crippen molar-refractivity contribution in [1.29, 1.82) is 0 Å². The number of piperidine rings is 1. The molecule has 3 fully saturated rings. The van der Waals surface area contributed by atoms with E-state index in [2.05, 4.69) is 69.0 Å². The molecule has 4 aromatic carbocycles. The van der Waals surface area contributed by atoms with Gasteiger partial charge in [-0.25, -0.2) is 5.48 Å². The molecule has 3 heterocycles. The molecule has 1 spiro atoms. The van der Waals surface area contributed by atoms with E-state index in [0.717, 1.165) is 90.8 Å². The van der Waals surface area contributed by atoms with Crippen LogP contribution in [0.5, 0.6) is 0 Å². The van der Waals surface area contributed by atoms with Gasteiger partial charge >= 0.3 is 0 Å². The monoisotopic (exact) mass is 789 g/mol. The van der Waals surface area contributed by atoms with Crippen molar-refractivity contribution in [2.45, 2.75) is 95.0 Å². The standard InChI is InChI=1S/C46H55N5O7/c52-31-33-15-17-36(18-16-33)41-28-40(30-50-25-23-46(24-26-50)45(55)48-32-51(46)39-11-4-3-5-12-39)57-44(58-41)37-21-19-35(20-22-37)38-10-8-9-34(27-38)29-47-42(53)13-6-1-2-7-14-43(54)49-56/h3-5,8-12,15-22,27,40-41,44,52,56H,1-2,6-7,13-14,23-26,28-32H2,(H,47,53)(H,48,55)(H,49,54). The third kappa shape index (κ3) is 10.1. The summed E-state index contributed by atoms with van der Waals surface area (Å²) >= 11 is 0. The Hall–Kier alpha value is -5.11. The largest absolute Gasteiger partial charge is 0.392 e. The zero-order valence-electron chi connectivity index (χ0n) is 33.0. The number of amides is 3. The van der Waals surface area contributed by atoms with Crippen LogP contribution in [0, 0.1) is 0 Å². The highest BCUT2D eigenvalue weighted by molar-refractivity contribution is 5.93. The van der Waals surface area contributed by atoms with Crippen molar-refractivity contribution in [2.24, 2.45) is 0 Å². The number of hydrogen-bond donors (Lipinski definition) is 5. The van der Waals surface area contributed by atoms with Crippen LogP contribution in [0.2, 0.25) is 0 Å². The van der Waals surface area contributed by atoms with Crippen molar-refractivity contribution in [3.8, 4) is 11.1 Å². The van der Waals surface area contributed by atoms with E-state index in [-0.39, 0.29) is 43.0 Å². The number of unbranched alkanes of at least 4 members (excludes halogenated alkanes) is 3. The molecule has 0 saturated carbocycles. The molecule has 3 amide bonds. The lowest BCUT2D eigenvalue weighted by Gasteiger charge is -2.45. The summed E-state index contributed by atoms with van der Waals surface area (Å²) in [6.07, 6.45) is 5.08. The summed E-state index contributed by atoms with van der Waals surface area (Å²) in [4.78, 5) is 41.5. The topological polar surface area (TPSA) is 153 Å². The maximum absolute atomic E-state index is 13.3. The highest BCUT2D eigenvalue weighted by Crippen LogP contribution is 2.40. The van der Waals surface area contributed by atoms with E-state index in [9.17, 15) is 19.5 Å². The Balaban J connectivity index is 0.970. The van der Waals surface area contributed by atoms with Gasteiger partial charge in [0.05, 0.1) is 25.5 Å². The second-order valence-electron chi connectivity index (χ2n) is 15.7. The molecule has 3 aliphatic heterocycles. The first-order chi connectivity index (χ1) is 28.3. The van der Waals surface area contributed by atoms with E-state index in [4.69, 9.17) is 14.7 Å². The summed E-state index contributed by atoms with van der Waals surface area (Å²) in [7, 11) is 0. The number of para-hydroxylation sites is 1. The number of nitrogens with zero attached hydrogens (tertiary/aromatic N) is 2. The van der Waals surface area contributed by atoms with E-state index >= 15 is 0 Å². The van der Waals surface area contributed by atoms with E-state index in [1.165, 1.54) is 0 Å². The second-order valence-corrected chi connectivity index (χ2v) is 15.7. The first-order valence-corrected chi connectivity index (χ1v) is 20.6. The molecule has 7 rings (SSSR count). The lowest BCUT2D eigenvalue weighted by Crippen LogP contribution is -2.57. The Morgan fingerprint density at radius 2 is 1.48 bits per heavy atom. The van der Waals surface area contributed by atoms with Crippen LogP contribution >= 0.6 is 0 Å². The Labute approximate surface area is 340 Å². The van der Waals surface area contributed by atoms with Crippen LogP contribution < -0.4 is 21.0 Å². The SMILES string of the molecule is O=C(CCCCCCC(=O)NCc1cccc(-c2ccc(C3OC(CN4CCC5(CC4)C(=O)NCN5c4ccccc4)CC(c4ccc(CO)cc4)O3)cc2)c1)NO. The zero-order chi connectivity index (χ0) is 40.3. The molecule has 306 valence electrons. The van der Waals surface area contributed by atoms with Crippen LogP contribution in [0.15, 0.2) is 103 Å². The van der Waals surface area contributed by atoms with Gasteiger partial charge in [-0.05, 0) is 71.7 Å². The minimum Gasteiger partial charge on any atom is -0.392 e. The Bertz CT molecular complexity index is 1970. The van der Waals surface area contributed by atoms with Gasteiger partial charge in [-0.3, -0.25) is 19.6 Å². The molecule has 3 atom stereocenters. The van der Waals surface area contributed by atoms with Crippen molar-refractivity contribution < 1.29 is 34.2 Å². The molecule has 3 unspecified atom stereocenters. The lowest BCUT2D eigenvalue weighted by molar-refractivity contribution is -0.253. The first kappa shape index (κ1) is 41.1. The Morgan fingerprint density at radius 3 is 2.19 bits per heavy atom. The summed E-state index contributed by atoms with van der Waals surface area (Å²) in [6, 6.07) is 34.5. The molecule has 5 N–H and O–H groups in total. The van der Waals surface area contributed by atoms with Crippen LogP contribution in [0.25, 0.3) is 11.1 Å². The van der Waals surface area contributed by atoms with Gasteiger partial charge in [-0.1, -0.05) is 97.8 Å². The fraction of sp³-hybridized carbons (Fsp3) is 0.413. The highest BCUT2D eigenvalue weighted by atomic mass is 16.7. The normalized spacial score (nSPS) is 20.5.